The summed E-state index contributed by atoms with van der Waals surface area (Å²) in [6.07, 6.45) is 9.93. The third kappa shape index (κ3) is 8.69. The number of rotatable bonds is 13. The number of aromatic hydroxyl groups is 1. The number of benzene rings is 2. The first-order valence-corrected chi connectivity index (χ1v) is 16.2. The van der Waals surface area contributed by atoms with Crippen LogP contribution in [0.5, 0.6) is 11.5 Å². The predicted molar refractivity (Wildman–Crippen MR) is 156 cm³/mol. The zero-order valence-electron chi connectivity index (χ0n) is 23.5. The number of para-hydroxylation sites is 1. The second-order valence-corrected chi connectivity index (χ2v) is 13.2. The molecule has 0 saturated heterocycles. The van der Waals surface area contributed by atoms with E-state index in [1.54, 1.807) is 25.3 Å². The van der Waals surface area contributed by atoms with Gasteiger partial charge in [0.2, 0.25) is 10.0 Å². The molecule has 2 aliphatic carbocycles. The van der Waals surface area contributed by atoms with Crippen LogP contribution in [0.3, 0.4) is 0 Å². The summed E-state index contributed by atoms with van der Waals surface area (Å²) in [6.45, 7) is 0.584. The van der Waals surface area contributed by atoms with Crippen LogP contribution in [-0.4, -0.2) is 57.1 Å². The lowest BCUT2D eigenvalue weighted by molar-refractivity contribution is 0.00401. The Kier molecular flexibility index (Phi) is 11.3. The summed E-state index contributed by atoms with van der Waals surface area (Å²) in [7, 11) is -2.03. The predicted octanol–water partition coefficient (Wildman–Crippen LogP) is 4.96. The van der Waals surface area contributed by atoms with Crippen LogP contribution in [0.4, 0.5) is 0 Å². The summed E-state index contributed by atoms with van der Waals surface area (Å²) < 4.78 is 42.0. The second-order valence-electron chi connectivity index (χ2n) is 11.2. The smallest absolute Gasteiger partial charge is 0.255 e. The number of hydrogen-bond acceptors (Lipinski definition) is 6. The molecule has 2 saturated carbocycles. The Morgan fingerprint density at radius 3 is 2.25 bits per heavy atom. The lowest BCUT2D eigenvalue weighted by atomic mass is 9.90. The number of ether oxygens (including phenoxy) is 2. The van der Waals surface area contributed by atoms with Gasteiger partial charge in [-0.05, 0) is 61.4 Å². The third-order valence-electron chi connectivity index (χ3n) is 8.25. The van der Waals surface area contributed by atoms with Crippen molar-refractivity contribution in [3.05, 3.63) is 59.7 Å². The van der Waals surface area contributed by atoms with Gasteiger partial charge in [-0.15, -0.1) is 0 Å². The van der Waals surface area contributed by atoms with Gasteiger partial charge in [0, 0.05) is 19.6 Å². The maximum Gasteiger partial charge on any atom is 0.255 e. The normalized spacial score (nSPS) is 18.6. The fourth-order valence-electron chi connectivity index (χ4n) is 5.82. The highest BCUT2D eigenvalue weighted by atomic mass is 32.2. The van der Waals surface area contributed by atoms with Crippen LogP contribution in [0, 0.1) is 5.92 Å². The summed E-state index contributed by atoms with van der Waals surface area (Å²) in [5, 5.41) is 12.6. The number of phenols is 1. The quantitative estimate of drug-likeness (QED) is 0.313. The van der Waals surface area contributed by atoms with Gasteiger partial charge in [0.15, 0.2) is 0 Å². The number of methoxy groups -OCH3 is 1. The minimum atomic E-state index is -3.65. The van der Waals surface area contributed by atoms with Crippen LogP contribution in [0.1, 0.15) is 80.1 Å². The Hall–Kier alpha value is -2.62. The van der Waals surface area contributed by atoms with E-state index in [-0.39, 0.29) is 17.9 Å². The summed E-state index contributed by atoms with van der Waals surface area (Å²) >= 11 is 0. The van der Waals surface area contributed by atoms with E-state index in [0.717, 1.165) is 43.4 Å². The highest BCUT2D eigenvalue weighted by Crippen LogP contribution is 2.27. The topological polar surface area (TPSA) is 114 Å². The maximum absolute atomic E-state index is 13.6. The van der Waals surface area contributed by atoms with E-state index in [1.165, 1.54) is 25.3 Å². The molecule has 9 heteroatoms. The monoisotopic (exact) mass is 572 g/mol. The van der Waals surface area contributed by atoms with Gasteiger partial charge in [0.1, 0.15) is 11.5 Å². The van der Waals surface area contributed by atoms with E-state index in [2.05, 4.69) is 10.0 Å². The minimum Gasteiger partial charge on any atom is -0.507 e. The average molecular weight is 573 g/mol. The minimum absolute atomic E-state index is 0.0323. The molecular formula is C31H44N2O6S. The SMILES string of the molecule is COc1ccc(CC(OCC2CCCCC2)C(CNC(=O)c2ccccc2O)NS(=O)(=O)C2CCCCC2)cc1. The highest BCUT2D eigenvalue weighted by Gasteiger charge is 2.34. The first kappa shape index (κ1) is 30.3. The zero-order chi connectivity index (χ0) is 28.4. The average Bonchev–Trinajstić information content (AvgIpc) is 2.99. The van der Waals surface area contributed by atoms with Gasteiger partial charge in [-0.2, -0.15) is 0 Å². The second kappa shape index (κ2) is 14.8. The van der Waals surface area contributed by atoms with Crippen molar-refractivity contribution < 1.29 is 27.8 Å². The van der Waals surface area contributed by atoms with E-state index >= 15 is 0 Å². The molecule has 220 valence electrons. The molecule has 2 aromatic carbocycles. The molecule has 8 nitrogen and oxygen atoms in total. The molecule has 0 bridgehead atoms. The van der Waals surface area contributed by atoms with Gasteiger partial charge in [0.25, 0.3) is 5.91 Å². The molecule has 0 heterocycles. The Morgan fingerprint density at radius 2 is 1.60 bits per heavy atom. The summed E-state index contributed by atoms with van der Waals surface area (Å²) in [5.74, 6) is 0.601. The van der Waals surface area contributed by atoms with Gasteiger partial charge in [-0.25, -0.2) is 13.1 Å². The first-order chi connectivity index (χ1) is 19.4. The van der Waals surface area contributed by atoms with Gasteiger partial charge in [-0.3, -0.25) is 4.79 Å². The van der Waals surface area contributed by atoms with E-state index in [0.29, 0.717) is 31.8 Å². The first-order valence-electron chi connectivity index (χ1n) is 14.7. The number of nitrogens with one attached hydrogen (secondary N) is 2. The molecule has 2 fully saturated rings. The van der Waals surface area contributed by atoms with Gasteiger partial charge in [-0.1, -0.05) is 62.8 Å². The standard InChI is InChI=1S/C31H44N2O6S/c1-38-25-18-16-23(17-19-25)20-30(39-22-24-10-4-2-5-11-24)28(33-40(36,37)26-12-6-3-7-13-26)21-32-31(35)27-14-8-9-15-29(27)34/h8-9,14-19,24,26,28,30,33-34H,2-7,10-13,20-22H2,1H3,(H,32,35). The molecule has 2 atom stereocenters. The summed E-state index contributed by atoms with van der Waals surface area (Å²) in [6, 6.07) is 13.3. The van der Waals surface area contributed by atoms with Crippen LogP contribution in [0.15, 0.2) is 48.5 Å². The third-order valence-corrected chi connectivity index (χ3v) is 10.2. The maximum atomic E-state index is 13.6. The van der Waals surface area contributed by atoms with Crippen LogP contribution in [-0.2, 0) is 21.2 Å². The Morgan fingerprint density at radius 1 is 0.950 bits per heavy atom. The number of amides is 1. The van der Waals surface area contributed by atoms with Crippen molar-refractivity contribution in [1.82, 2.24) is 10.0 Å². The van der Waals surface area contributed by atoms with Crippen molar-refractivity contribution in [2.45, 2.75) is 88.0 Å². The Labute approximate surface area is 238 Å². The van der Waals surface area contributed by atoms with Crippen molar-refractivity contribution in [3.63, 3.8) is 0 Å². The highest BCUT2D eigenvalue weighted by molar-refractivity contribution is 7.90. The molecule has 0 radical (unpaired) electrons. The van der Waals surface area contributed by atoms with E-state index in [4.69, 9.17) is 9.47 Å². The van der Waals surface area contributed by atoms with Crippen LogP contribution in [0.25, 0.3) is 0 Å². The van der Waals surface area contributed by atoms with Crippen LogP contribution >= 0.6 is 0 Å². The number of phenolic OH excluding ortho intramolecular Hbond substituents is 1. The molecular weight excluding hydrogens is 528 g/mol. The number of sulfonamides is 1. The molecule has 0 aromatic heterocycles. The molecule has 40 heavy (non-hydrogen) atoms. The summed E-state index contributed by atoms with van der Waals surface area (Å²) in [4.78, 5) is 13.0. The number of carbonyl (C=O) groups excluding carboxylic acids is 1. The number of hydrogen-bond donors (Lipinski definition) is 3. The lowest BCUT2D eigenvalue weighted by Crippen LogP contribution is -2.54. The fourth-order valence-corrected chi connectivity index (χ4v) is 7.62. The van der Waals surface area contributed by atoms with Crippen molar-refractivity contribution in [2.24, 2.45) is 5.92 Å². The van der Waals surface area contributed by atoms with E-state index in [1.807, 2.05) is 24.3 Å². The van der Waals surface area contributed by atoms with Gasteiger partial charge < -0.3 is 19.9 Å². The fraction of sp³-hybridized carbons (Fsp3) is 0.581. The van der Waals surface area contributed by atoms with Gasteiger partial charge in [0.05, 0.1) is 30.1 Å². The molecule has 3 N–H and O–H groups in total. The van der Waals surface area contributed by atoms with Crippen LogP contribution < -0.4 is 14.8 Å². The van der Waals surface area contributed by atoms with Crippen molar-refractivity contribution >= 4 is 15.9 Å². The molecule has 0 aliphatic heterocycles. The van der Waals surface area contributed by atoms with Crippen LogP contribution in [0.2, 0.25) is 0 Å². The molecule has 2 aromatic rings. The number of carbonyl (C=O) groups is 1. The molecule has 2 aliphatic rings. The molecule has 2 unspecified atom stereocenters. The Balaban J connectivity index is 1.57. The van der Waals surface area contributed by atoms with E-state index < -0.39 is 33.3 Å². The van der Waals surface area contributed by atoms with Crippen molar-refractivity contribution in [3.8, 4) is 11.5 Å². The largest absolute Gasteiger partial charge is 0.507 e. The molecule has 0 spiro atoms. The summed E-state index contributed by atoms with van der Waals surface area (Å²) in [5.41, 5.74) is 1.13. The zero-order valence-corrected chi connectivity index (χ0v) is 24.3. The van der Waals surface area contributed by atoms with E-state index in [9.17, 15) is 18.3 Å². The van der Waals surface area contributed by atoms with Crippen molar-refractivity contribution in [1.29, 1.82) is 0 Å². The molecule has 1 amide bonds. The Bertz CT molecular complexity index is 1170. The lowest BCUT2D eigenvalue weighted by Gasteiger charge is -2.32. The molecule has 4 rings (SSSR count). The van der Waals surface area contributed by atoms with Gasteiger partial charge >= 0.3 is 0 Å². The van der Waals surface area contributed by atoms with Crippen molar-refractivity contribution in [2.75, 3.05) is 20.3 Å².